The summed E-state index contributed by atoms with van der Waals surface area (Å²) < 4.78 is 23.7. The lowest BCUT2D eigenvalue weighted by Gasteiger charge is -2.31. The van der Waals surface area contributed by atoms with Gasteiger partial charge in [0.05, 0.1) is 20.8 Å². The second-order valence-corrected chi connectivity index (χ2v) is 8.21. The third kappa shape index (κ3) is 7.55. The smallest absolute Gasteiger partial charge is 0.234 e. The van der Waals surface area contributed by atoms with Crippen LogP contribution in [-0.2, 0) is 17.6 Å². The summed E-state index contributed by atoms with van der Waals surface area (Å²) >= 11 is 0. The van der Waals surface area contributed by atoms with E-state index in [0.717, 1.165) is 55.8 Å². The van der Waals surface area contributed by atoms with E-state index in [1.807, 2.05) is 6.07 Å². The van der Waals surface area contributed by atoms with Crippen LogP contribution < -0.4 is 14.8 Å². The van der Waals surface area contributed by atoms with Crippen LogP contribution in [0.3, 0.4) is 0 Å². The van der Waals surface area contributed by atoms with Gasteiger partial charge in [-0.3, -0.25) is 9.69 Å². The predicted molar refractivity (Wildman–Crippen MR) is 120 cm³/mol. The molecule has 31 heavy (non-hydrogen) atoms. The number of benzene rings is 2. The Balaban J connectivity index is 1.34. The van der Waals surface area contributed by atoms with Crippen molar-refractivity contribution >= 4 is 5.91 Å². The van der Waals surface area contributed by atoms with E-state index < -0.39 is 0 Å². The maximum absolute atomic E-state index is 12.9. The Morgan fingerprint density at radius 3 is 2.26 bits per heavy atom. The first kappa shape index (κ1) is 23.1. The number of halogens is 1. The van der Waals surface area contributed by atoms with Gasteiger partial charge in [0.2, 0.25) is 5.91 Å². The van der Waals surface area contributed by atoms with Gasteiger partial charge >= 0.3 is 0 Å². The molecule has 1 heterocycles. The molecule has 2 aromatic carbocycles. The highest BCUT2D eigenvalue weighted by molar-refractivity contribution is 5.78. The van der Waals surface area contributed by atoms with E-state index in [2.05, 4.69) is 22.3 Å². The van der Waals surface area contributed by atoms with E-state index in [9.17, 15) is 9.18 Å². The molecular formula is C25H33FN2O3. The lowest BCUT2D eigenvalue weighted by molar-refractivity contribution is -0.122. The van der Waals surface area contributed by atoms with Crippen molar-refractivity contribution in [3.05, 3.63) is 59.4 Å². The van der Waals surface area contributed by atoms with Crippen molar-refractivity contribution < 1.29 is 18.7 Å². The first-order chi connectivity index (χ1) is 15.1. The van der Waals surface area contributed by atoms with Crippen LogP contribution in [0, 0.1) is 11.7 Å². The summed E-state index contributed by atoms with van der Waals surface area (Å²) in [5, 5.41) is 2.97. The first-order valence-corrected chi connectivity index (χ1v) is 11.0. The Kier molecular flexibility index (Phi) is 8.71. The van der Waals surface area contributed by atoms with Crippen molar-refractivity contribution in [1.29, 1.82) is 0 Å². The van der Waals surface area contributed by atoms with Gasteiger partial charge in [-0.15, -0.1) is 0 Å². The molecule has 0 bridgehead atoms. The number of carbonyl (C=O) groups excluding carboxylic acids is 1. The highest BCUT2D eigenvalue weighted by Crippen LogP contribution is 2.26. The average molecular weight is 429 g/mol. The molecule has 1 aliphatic rings. The molecule has 0 aliphatic carbocycles. The zero-order valence-electron chi connectivity index (χ0n) is 18.5. The molecule has 3 rings (SSSR count). The number of piperidine rings is 1. The molecule has 5 nitrogen and oxygen atoms in total. The topological polar surface area (TPSA) is 50.8 Å². The van der Waals surface area contributed by atoms with E-state index in [1.54, 1.807) is 26.4 Å². The molecule has 1 N–H and O–H groups in total. The fourth-order valence-corrected chi connectivity index (χ4v) is 4.07. The molecule has 1 amide bonds. The number of carbonyl (C=O) groups is 1. The second-order valence-electron chi connectivity index (χ2n) is 8.21. The monoisotopic (exact) mass is 428 g/mol. The molecular weight excluding hydrogens is 395 g/mol. The number of nitrogens with zero attached hydrogens (tertiary/aromatic N) is 1. The van der Waals surface area contributed by atoms with E-state index in [0.29, 0.717) is 25.4 Å². The highest BCUT2D eigenvalue weighted by Gasteiger charge is 2.20. The number of ether oxygens (including phenoxy) is 2. The molecule has 0 spiro atoms. The molecule has 0 radical (unpaired) electrons. The number of aryl methyl sites for hydroxylation is 1. The van der Waals surface area contributed by atoms with Crippen LogP contribution in [-0.4, -0.2) is 51.2 Å². The van der Waals surface area contributed by atoms with Gasteiger partial charge in [-0.1, -0.05) is 12.1 Å². The van der Waals surface area contributed by atoms with E-state index >= 15 is 0 Å². The lowest BCUT2D eigenvalue weighted by Crippen LogP contribution is -2.42. The molecule has 1 fully saturated rings. The summed E-state index contributed by atoms with van der Waals surface area (Å²) in [5.74, 6) is 2.16. The summed E-state index contributed by atoms with van der Waals surface area (Å²) in [6.07, 6.45) is 5.08. The maximum atomic E-state index is 12.9. The second kappa shape index (κ2) is 11.7. The van der Waals surface area contributed by atoms with Crippen molar-refractivity contribution in [2.75, 3.05) is 40.4 Å². The van der Waals surface area contributed by atoms with Crippen LogP contribution in [0.4, 0.5) is 4.39 Å². The van der Waals surface area contributed by atoms with Crippen LogP contribution in [0.5, 0.6) is 11.5 Å². The van der Waals surface area contributed by atoms with Gasteiger partial charge in [0.25, 0.3) is 0 Å². The molecule has 1 aliphatic heterocycles. The average Bonchev–Trinajstić information content (AvgIpc) is 2.79. The standard InChI is InChI=1S/C25H33FN2O3/c1-30-23-15-21(16-24(17-23)31-2)4-3-20-10-13-28(14-11-20)18-25(29)27-12-9-19-5-7-22(26)8-6-19/h5-8,15-17,20H,3-4,9-14,18H2,1-2H3,(H,27,29). The van der Waals surface area contributed by atoms with Gasteiger partial charge in [0.1, 0.15) is 17.3 Å². The van der Waals surface area contributed by atoms with Crippen LogP contribution in [0.1, 0.15) is 30.4 Å². The summed E-state index contributed by atoms with van der Waals surface area (Å²) in [4.78, 5) is 14.5. The van der Waals surface area contributed by atoms with Gasteiger partial charge in [0.15, 0.2) is 0 Å². The van der Waals surface area contributed by atoms with Gasteiger partial charge in [-0.2, -0.15) is 0 Å². The van der Waals surface area contributed by atoms with Crippen LogP contribution in [0.25, 0.3) is 0 Å². The Morgan fingerprint density at radius 1 is 1.00 bits per heavy atom. The quantitative estimate of drug-likeness (QED) is 0.625. The third-order valence-electron chi connectivity index (χ3n) is 5.98. The molecule has 0 atom stereocenters. The number of rotatable bonds is 10. The van der Waals surface area contributed by atoms with Crippen LogP contribution >= 0.6 is 0 Å². The fourth-order valence-electron chi connectivity index (χ4n) is 4.07. The number of hydrogen-bond donors (Lipinski definition) is 1. The van der Waals surface area contributed by atoms with Gasteiger partial charge < -0.3 is 14.8 Å². The van der Waals surface area contributed by atoms with Gasteiger partial charge in [-0.25, -0.2) is 4.39 Å². The minimum absolute atomic E-state index is 0.0593. The Hall–Kier alpha value is -2.60. The fraction of sp³-hybridized carbons (Fsp3) is 0.480. The van der Waals surface area contributed by atoms with E-state index in [4.69, 9.17) is 9.47 Å². The molecule has 2 aromatic rings. The maximum Gasteiger partial charge on any atom is 0.234 e. The van der Waals surface area contributed by atoms with Gasteiger partial charge in [-0.05, 0) is 86.5 Å². The molecule has 6 heteroatoms. The molecule has 168 valence electrons. The Bertz CT molecular complexity index is 811. The summed E-state index contributed by atoms with van der Waals surface area (Å²) in [6, 6.07) is 12.5. The minimum Gasteiger partial charge on any atom is -0.497 e. The predicted octanol–water partition coefficient (Wildman–Crippen LogP) is 3.85. The molecule has 1 saturated heterocycles. The first-order valence-electron chi connectivity index (χ1n) is 11.0. The van der Waals surface area contributed by atoms with Crippen LogP contribution in [0.2, 0.25) is 0 Å². The van der Waals surface area contributed by atoms with E-state index in [1.165, 1.54) is 17.7 Å². The largest absolute Gasteiger partial charge is 0.497 e. The van der Waals surface area contributed by atoms with Crippen molar-refractivity contribution in [2.24, 2.45) is 5.92 Å². The SMILES string of the molecule is COc1cc(CCC2CCN(CC(=O)NCCc3ccc(F)cc3)CC2)cc(OC)c1. The zero-order chi connectivity index (χ0) is 22.1. The Morgan fingerprint density at radius 2 is 1.65 bits per heavy atom. The summed E-state index contributed by atoms with van der Waals surface area (Å²) in [5.41, 5.74) is 2.26. The normalized spacial score (nSPS) is 14.9. The minimum atomic E-state index is -0.237. The lowest BCUT2D eigenvalue weighted by atomic mass is 9.90. The van der Waals surface area contributed by atoms with Gasteiger partial charge in [0, 0.05) is 12.6 Å². The number of nitrogens with one attached hydrogen (secondary N) is 1. The van der Waals surface area contributed by atoms with Crippen molar-refractivity contribution in [3.8, 4) is 11.5 Å². The molecule has 0 saturated carbocycles. The number of amides is 1. The van der Waals surface area contributed by atoms with Crippen molar-refractivity contribution in [2.45, 2.75) is 32.1 Å². The zero-order valence-corrected chi connectivity index (χ0v) is 18.5. The van der Waals surface area contributed by atoms with E-state index in [-0.39, 0.29) is 11.7 Å². The number of hydrogen-bond acceptors (Lipinski definition) is 4. The number of likely N-dealkylation sites (tertiary alicyclic amines) is 1. The number of methoxy groups -OCH3 is 2. The Labute approximate surface area is 184 Å². The third-order valence-corrected chi connectivity index (χ3v) is 5.98. The molecule has 0 aromatic heterocycles. The highest BCUT2D eigenvalue weighted by atomic mass is 19.1. The summed E-state index contributed by atoms with van der Waals surface area (Å²) in [6.45, 7) is 2.93. The van der Waals surface area contributed by atoms with Crippen molar-refractivity contribution in [3.63, 3.8) is 0 Å². The van der Waals surface area contributed by atoms with Crippen molar-refractivity contribution in [1.82, 2.24) is 10.2 Å². The molecule has 0 unspecified atom stereocenters. The van der Waals surface area contributed by atoms with Crippen LogP contribution in [0.15, 0.2) is 42.5 Å². The summed E-state index contributed by atoms with van der Waals surface area (Å²) in [7, 11) is 3.35.